The van der Waals surface area contributed by atoms with E-state index in [0.717, 1.165) is 5.75 Å². The molecule has 0 aliphatic heterocycles. The molecule has 1 aromatic rings. The first-order chi connectivity index (χ1) is 9.18. The fourth-order valence-electron chi connectivity index (χ4n) is 3.24. The van der Waals surface area contributed by atoms with Crippen molar-refractivity contribution in [2.24, 2.45) is 0 Å². The summed E-state index contributed by atoms with van der Waals surface area (Å²) in [6.45, 7) is 17.3. The number of hydrogen-bond donors (Lipinski definition) is 0. The Hall–Kier alpha value is -0.206. The molecule has 0 atom stereocenters. The summed E-state index contributed by atoms with van der Waals surface area (Å²) < 4.78 is 6.53. The maximum atomic E-state index is 6.53. The SMILES string of the molecule is CC1=C(C)C(C)(Oc2c(C)cc(C)cc2C)C(C)=C1C.[Cl-].[Cl-].[Ti+2]. The number of aryl methyl sites for hydroxylation is 3. The van der Waals surface area contributed by atoms with Gasteiger partial charge in [-0.25, -0.2) is 0 Å². The molecular formula is C19H26Cl2OTi. The molecule has 126 valence electrons. The molecule has 1 aromatic carbocycles. The van der Waals surface area contributed by atoms with Crippen molar-refractivity contribution < 1.29 is 51.3 Å². The molecule has 1 nitrogen and oxygen atoms in total. The van der Waals surface area contributed by atoms with E-state index in [1.165, 1.54) is 39.0 Å². The quantitative estimate of drug-likeness (QED) is 0.617. The van der Waals surface area contributed by atoms with Crippen molar-refractivity contribution in [1.82, 2.24) is 0 Å². The van der Waals surface area contributed by atoms with Gasteiger partial charge < -0.3 is 29.6 Å². The van der Waals surface area contributed by atoms with Crippen molar-refractivity contribution in [2.45, 2.75) is 61.0 Å². The first-order valence-corrected chi connectivity index (χ1v) is 7.31. The van der Waals surface area contributed by atoms with Crippen LogP contribution >= 0.6 is 0 Å². The summed E-state index contributed by atoms with van der Waals surface area (Å²) in [6, 6.07) is 4.39. The van der Waals surface area contributed by atoms with Crippen molar-refractivity contribution in [3.8, 4) is 5.75 Å². The van der Waals surface area contributed by atoms with Crippen molar-refractivity contribution in [3.05, 3.63) is 51.1 Å². The van der Waals surface area contributed by atoms with Crippen LogP contribution < -0.4 is 29.6 Å². The molecule has 0 heterocycles. The standard InChI is InChI=1S/C19H26O.2ClH.Ti/c1-11-9-12(2)18(13(3)10-11)20-19(8)16(6)14(4)15(5)17(19)7;;;/h9-10H,1-8H3;2*1H;/q;;;+2/p-2. The van der Waals surface area contributed by atoms with Crippen molar-refractivity contribution in [3.63, 3.8) is 0 Å². The molecule has 0 radical (unpaired) electrons. The minimum Gasteiger partial charge on any atom is -1.00 e. The molecule has 0 saturated heterocycles. The molecule has 0 unspecified atom stereocenters. The van der Waals surface area contributed by atoms with Gasteiger partial charge in [-0.15, -0.1) is 0 Å². The predicted octanol–water partition coefficient (Wildman–Crippen LogP) is -0.559. The molecule has 0 spiro atoms. The Balaban J connectivity index is 0. The maximum absolute atomic E-state index is 6.53. The molecule has 0 N–H and O–H groups in total. The van der Waals surface area contributed by atoms with Gasteiger partial charge in [0.25, 0.3) is 0 Å². The zero-order chi connectivity index (χ0) is 15.2. The second-order valence-corrected chi connectivity index (χ2v) is 6.36. The zero-order valence-electron chi connectivity index (χ0n) is 15.3. The summed E-state index contributed by atoms with van der Waals surface area (Å²) >= 11 is 0. The largest absolute Gasteiger partial charge is 2.00 e. The molecule has 4 heteroatoms. The number of benzene rings is 1. The van der Waals surface area contributed by atoms with E-state index >= 15 is 0 Å². The number of rotatable bonds is 2. The second-order valence-electron chi connectivity index (χ2n) is 6.36. The van der Waals surface area contributed by atoms with Crippen LogP contribution in [0, 0.1) is 20.8 Å². The van der Waals surface area contributed by atoms with Gasteiger partial charge in [0.15, 0.2) is 0 Å². The molecule has 0 fully saturated rings. The van der Waals surface area contributed by atoms with Crippen LogP contribution in [0.25, 0.3) is 0 Å². The Morgan fingerprint density at radius 1 is 0.739 bits per heavy atom. The van der Waals surface area contributed by atoms with Crippen LogP contribution in [0.4, 0.5) is 0 Å². The summed E-state index contributed by atoms with van der Waals surface area (Å²) in [5.41, 5.74) is 8.80. The van der Waals surface area contributed by atoms with E-state index in [1.54, 1.807) is 0 Å². The Morgan fingerprint density at radius 2 is 1.09 bits per heavy atom. The zero-order valence-corrected chi connectivity index (χ0v) is 18.4. The van der Waals surface area contributed by atoms with E-state index in [-0.39, 0.29) is 52.1 Å². The first kappa shape index (κ1) is 25.0. The van der Waals surface area contributed by atoms with Crippen molar-refractivity contribution in [2.75, 3.05) is 0 Å². The van der Waals surface area contributed by atoms with Gasteiger partial charge in [0.1, 0.15) is 11.4 Å². The van der Waals surface area contributed by atoms with Gasteiger partial charge in [0.2, 0.25) is 0 Å². The third-order valence-corrected chi connectivity index (χ3v) is 5.03. The molecule has 0 saturated carbocycles. The van der Waals surface area contributed by atoms with Crippen LogP contribution in [0.5, 0.6) is 5.75 Å². The van der Waals surface area contributed by atoms with Gasteiger partial charge in [0, 0.05) is 0 Å². The summed E-state index contributed by atoms with van der Waals surface area (Å²) in [4.78, 5) is 0. The molecular weight excluding hydrogens is 363 g/mol. The molecule has 1 aliphatic rings. The van der Waals surface area contributed by atoms with Gasteiger partial charge in [-0.2, -0.15) is 0 Å². The fourth-order valence-corrected chi connectivity index (χ4v) is 3.24. The van der Waals surface area contributed by atoms with E-state index in [9.17, 15) is 0 Å². The second kappa shape index (κ2) is 8.76. The molecule has 0 aromatic heterocycles. The van der Waals surface area contributed by atoms with Gasteiger partial charge in [-0.3, -0.25) is 0 Å². The first-order valence-electron chi connectivity index (χ1n) is 7.31. The van der Waals surface area contributed by atoms with Gasteiger partial charge in [-0.05, 0) is 88.8 Å². The average molecular weight is 389 g/mol. The minimum absolute atomic E-state index is 0. The van der Waals surface area contributed by atoms with Crippen LogP contribution in [-0.2, 0) is 21.7 Å². The summed E-state index contributed by atoms with van der Waals surface area (Å²) in [7, 11) is 0. The molecule has 0 amide bonds. The maximum Gasteiger partial charge on any atom is 2.00 e. The molecule has 23 heavy (non-hydrogen) atoms. The molecule has 2 rings (SSSR count). The third kappa shape index (κ3) is 4.26. The van der Waals surface area contributed by atoms with Crippen LogP contribution in [0.15, 0.2) is 34.4 Å². The third-order valence-electron chi connectivity index (χ3n) is 5.03. The molecule has 1 aliphatic carbocycles. The van der Waals surface area contributed by atoms with Crippen molar-refractivity contribution >= 4 is 0 Å². The smallest absolute Gasteiger partial charge is 1.00 e. The Morgan fingerprint density at radius 3 is 1.43 bits per heavy atom. The monoisotopic (exact) mass is 388 g/mol. The molecule has 0 bridgehead atoms. The minimum atomic E-state index is -0.307. The summed E-state index contributed by atoms with van der Waals surface area (Å²) in [5, 5.41) is 0. The van der Waals surface area contributed by atoms with Gasteiger partial charge in [-0.1, -0.05) is 17.7 Å². The normalized spacial score (nSPS) is 15.7. The van der Waals surface area contributed by atoms with E-state index in [0.29, 0.717) is 0 Å². The topological polar surface area (TPSA) is 9.23 Å². The van der Waals surface area contributed by atoms with E-state index < -0.39 is 0 Å². The Labute approximate surface area is 168 Å². The van der Waals surface area contributed by atoms with Crippen LogP contribution in [0.1, 0.15) is 51.3 Å². The summed E-state index contributed by atoms with van der Waals surface area (Å²) in [6.07, 6.45) is 0. The van der Waals surface area contributed by atoms with E-state index in [1.807, 2.05) is 0 Å². The Kier molecular flexibility index (Phi) is 9.54. The predicted molar refractivity (Wildman–Crippen MR) is 86.4 cm³/mol. The van der Waals surface area contributed by atoms with Gasteiger partial charge >= 0.3 is 21.7 Å². The van der Waals surface area contributed by atoms with Crippen LogP contribution in [0.2, 0.25) is 0 Å². The number of hydrogen-bond acceptors (Lipinski definition) is 1. The van der Waals surface area contributed by atoms with E-state index in [4.69, 9.17) is 4.74 Å². The van der Waals surface area contributed by atoms with Crippen molar-refractivity contribution in [1.29, 1.82) is 0 Å². The fraction of sp³-hybridized carbons (Fsp3) is 0.474. The van der Waals surface area contributed by atoms with Crippen LogP contribution in [-0.4, -0.2) is 5.60 Å². The number of ether oxygens (including phenoxy) is 1. The van der Waals surface area contributed by atoms with Crippen LogP contribution in [0.3, 0.4) is 0 Å². The number of halogens is 2. The Bertz CT molecular complexity index is 598. The summed E-state index contributed by atoms with van der Waals surface area (Å²) in [5.74, 6) is 1.03. The van der Waals surface area contributed by atoms with Gasteiger partial charge in [0.05, 0.1) is 0 Å². The van der Waals surface area contributed by atoms with E-state index in [2.05, 4.69) is 67.5 Å². The number of allylic oxidation sites excluding steroid dienone is 2. The average Bonchev–Trinajstić information content (AvgIpc) is 2.51.